The Morgan fingerprint density at radius 1 is 1.07 bits per heavy atom. The summed E-state index contributed by atoms with van der Waals surface area (Å²) < 4.78 is 46.1. The van der Waals surface area contributed by atoms with E-state index < -0.39 is 41.4 Å². The first-order valence-electron chi connectivity index (χ1n) is 13.0. The van der Waals surface area contributed by atoms with Gasteiger partial charge in [-0.2, -0.15) is 18.4 Å². The average Bonchev–Trinajstić information content (AvgIpc) is 2.87. The quantitative estimate of drug-likeness (QED) is 0.318. The molecule has 0 N–H and O–H groups in total. The van der Waals surface area contributed by atoms with Gasteiger partial charge < -0.3 is 9.64 Å². The zero-order chi connectivity index (χ0) is 29.9. The fourth-order valence-corrected chi connectivity index (χ4v) is 5.22. The average molecular weight is 556 g/mol. The number of esters is 1. The summed E-state index contributed by atoms with van der Waals surface area (Å²) in [5, 5.41) is 9.27. The van der Waals surface area contributed by atoms with Gasteiger partial charge in [-0.15, -0.1) is 0 Å². The van der Waals surface area contributed by atoms with Crippen LogP contribution in [-0.2, 0) is 25.3 Å². The highest BCUT2D eigenvalue weighted by molar-refractivity contribution is 6.14. The summed E-state index contributed by atoms with van der Waals surface area (Å²) >= 11 is 0. The van der Waals surface area contributed by atoms with Gasteiger partial charge in [0.05, 0.1) is 29.4 Å². The van der Waals surface area contributed by atoms with Crippen LogP contribution in [0.5, 0.6) is 0 Å². The van der Waals surface area contributed by atoms with Crippen molar-refractivity contribution in [1.82, 2.24) is 4.90 Å². The normalized spacial score (nSPS) is 17.8. The maximum Gasteiger partial charge on any atom is 0.416 e. The van der Waals surface area contributed by atoms with Crippen LogP contribution in [0.25, 0.3) is 0 Å². The molecule has 0 aromatic heterocycles. The van der Waals surface area contributed by atoms with Gasteiger partial charge in [0.1, 0.15) is 5.92 Å². The Morgan fingerprint density at radius 3 is 2.17 bits per heavy atom. The van der Waals surface area contributed by atoms with E-state index in [1.165, 1.54) is 36.1 Å². The van der Waals surface area contributed by atoms with Crippen LogP contribution in [0, 0.1) is 17.2 Å². The largest absolute Gasteiger partial charge is 0.463 e. The number of nitriles is 1. The summed E-state index contributed by atoms with van der Waals surface area (Å²) in [6.07, 6.45) is -4.68. The number of nitrogens with zero attached hydrogens (tertiary/aromatic N) is 3. The summed E-state index contributed by atoms with van der Waals surface area (Å²) in [6, 6.07) is 11.7. The fraction of sp³-hybridized carbons (Fsp3) is 0.400. The predicted molar refractivity (Wildman–Crippen MR) is 143 cm³/mol. The van der Waals surface area contributed by atoms with Crippen molar-refractivity contribution in [1.29, 1.82) is 5.26 Å². The van der Waals surface area contributed by atoms with Gasteiger partial charge in [0.15, 0.2) is 0 Å². The molecule has 1 aliphatic rings. The van der Waals surface area contributed by atoms with Gasteiger partial charge in [0.2, 0.25) is 11.8 Å². The number of carbonyl (C=O) groups excluding carboxylic acids is 3. The summed E-state index contributed by atoms with van der Waals surface area (Å²) in [5.74, 6) is -4.73. The van der Waals surface area contributed by atoms with E-state index in [0.717, 1.165) is 17.0 Å². The van der Waals surface area contributed by atoms with Crippen LogP contribution >= 0.6 is 0 Å². The van der Waals surface area contributed by atoms with E-state index in [1.807, 2.05) is 6.07 Å². The van der Waals surface area contributed by atoms with Gasteiger partial charge >= 0.3 is 12.1 Å². The van der Waals surface area contributed by atoms with Crippen molar-refractivity contribution in [3.05, 3.63) is 76.5 Å². The maximum atomic E-state index is 14.3. The predicted octanol–water partition coefficient (Wildman–Crippen LogP) is 5.81. The van der Waals surface area contributed by atoms with Crippen molar-refractivity contribution in [2.45, 2.75) is 65.7 Å². The van der Waals surface area contributed by atoms with Gasteiger partial charge in [-0.05, 0) is 77.4 Å². The van der Waals surface area contributed by atoms with Gasteiger partial charge in [-0.1, -0.05) is 18.2 Å². The molecule has 2 aromatic carbocycles. The second-order valence-corrected chi connectivity index (χ2v) is 10.1. The van der Waals surface area contributed by atoms with Crippen LogP contribution in [0.4, 0.5) is 18.9 Å². The Labute approximate surface area is 231 Å². The number of hydrogen-bond acceptors (Lipinski definition) is 5. The molecule has 2 amide bonds. The molecule has 10 heteroatoms. The number of rotatable bonds is 7. The van der Waals surface area contributed by atoms with E-state index in [0.29, 0.717) is 11.1 Å². The zero-order valence-electron chi connectivity index (χ0n) is 23.2. The van der Waals surface area contributed by atoms with Crippen molar-refractivity contribution >= 4 is 23.5 Å². The van der Waals surface area contributed by atoms with Gasteiger partial charge in [-0.25, -0.2) is 4.79 Å². The maximum absolute atomic E-state index is 14.3. The number of anilines is 1. The minimum Gasteiger partial charge on any atom is -0.463 e. The van der Waals surface area contributed by atoms with Gasteiger partial charge in [0, 0.05) is 29.4 Å². The highest BCUT2D eigenvalue weighted by Gasteiger charge is 2.50. The Balaban J connectivity index is 2.38. The van der Waals surface area contributed by atoms with Crippen molar-refractivity contribution in [2.75, 3.05) is 11.5 Å². The van der Waals surface area contributed by atoms with E-state index in [9.17, 15) is 32.8 Å². The first kappa shape index (κ1) is 30.4. The minimum absolute atomic E-state index is 0.00403. The van der Waals surface area contributed by atoms with Gasteiger partial charge in [-0.3, -0.25) is 14.5 Å². The molecule has 0 spiro atoms. The molecule has 1 aliphatic heterocycles. The molecule has 212 valence electrons. The second-order valence-electron chi connectivity index (χ2n) is 10.1. The number of allylic oxidation sites excluding steroid dienone is 1. The Morgan fingerprint density at radius 2 is 1.68 bits per heavy atom. The van der Waals surface area contributed by atoms with E-state index in [2.05, 4.69) is 0 Å². The molecule has 2 atom stereocenters. The molecule has 2 aromatic rings. The molecule has 2 unspecified atom stereocenters. The lowest BCUT2D eigenvalue weighted by molar-refractivity contribution is -0.146. The smallest absolute Gasteiger partial charge is 0.416 e. The first-order chi connectivity index (χ1) is 18.7. The molecule has 40 heavy (non-hydrogen) atoms. The number of hydrogen-bond donors (Lipinski definition) is 0. The SMILES string of the molecule is CCOC(=O)C1=C(C)N(c2cccc(C(F)(F)F)c2)C(=O)C(C(=O)N(C(C)C)C(C)C)C1c1ccc(C#N)cc1. The standard InChI is InChI=1S/C30H32F3N3O4/c1-7-40-29(39)24-19(6)36(23-10-8-9-22(15-23)30(31,32)33)28(38)26(27(37)35(17(2)3)18(4)5)25(24)21-13-11-20(16-34)12-14-21/h8-15,17-18,25-26H,7H2,1-6H3. The van der Waals surface area contributed by atoms with Crippen molar-refractivity contribution < 1.29 is 32.3 Å². The summed E-state index contributed by atoms with van der Waals surface area (Å²) in [4.78, 5) is 44.5. The summed E-state index contributed by atoms with van der Waals surface area (Å²) in [7, 11) is 0. The first-order valence-corrected chi connectivity index (χ1v) is 13.0. The fourth-order valence-electron chi connectivity index (χ4n) is 5.22. The number of amides is 2. The molecule has 0 bridgehead atoms. The lowest BCUT2D eigenvalue weighted by Gasteiger charge is -2.42. The molecule has 0 saturated heterocycles. The van der Waals surface area contributed by atoms with Crippen LogP contribution < -0.4 is 4.90 Å². The number of benzene rings is 2. The molecule has 0 aliphatic carbocycles. The summed E-state index contributed by atoms with van der Waals surface area (Å²) in [6.45, 7) is 10.2. The molecule has 0 fully saturated rings. The van der Waals surface area contributed by atoms with Crippen molar-refractivity contribution in [3.8, 4) is 6.07 Å². The third kappa shape index (κ3) is 5.88. The summed E-state index contributed by atoms with van der Waals surface area (Å²) in [5.41, 5.74) is -0.314. The number of carbonyl (C=O) groups is 3. The molecule has 3 rings (SSSR count). The van der Waals surface area contributed by atoms with Crippen LogP contribution in [-0.4, -0.2) is 41.4 Å². The lowest BCUT2D eigenvalue weighted by Crippen LogP contribution is -2.54. The van der Waals surface area contributed by atoms with Crippen LogP contribution in [0.2, 0.25) is 0 Å². The Hall–Kier alpha value is -4.13. The highest BCUT2D eigenvalue weighted by atomic mass is 19.4. The molecule has 7 nitrogen and oxygen atoms in total. The molecule has 0 saturated carbocycles. The van der Waals surface area contributed by atoms with E-state index >= 15 is 0 Å². The second kappa shape index (κ2) is 11.9. The number of halogens is 3. The topological polar surface area (TPSA) is 90.7 Å². The van der Waals surface area contributed by atoms with Crippen molar-refractivity contribution in [3.63, 3.8) is 0 Å². The third-order valence-electron chi connectivity index (χ3n) is 6.82. The van der Waals surface area contributed by atoms with Crippen LogP contribution in [0.1, 0.15) is 64.2 Å². The van der Waals surface area contributed by atoms with Crippen LogP contribution in [0.15, 0.2) is 59.8 Å². The number of alkyl halides is 3. The number of ether oxygens (including phenoxy) is 1. The molecule has 0 radical (unpaired) electrons. The van der Waals surface area contributed by atoms with Crippen molar-refractivity contribution in [2.24, 2.45) is 5.92 Å². The monoisotopic (exact) mass is 555 g/mol. The van der Waals surface area contributed by atoms with E-state index in [1.54, 1.807) is 46.8 Å². The minimum atomic E-state index is -4.68. The zero-order valence-corrected chi connectivity index (χ0v) is 23.2. The molecule has 1 heterocycles. The third-order valence-corrected chi connectivity index (χ3v) is 6.82. The van der Waals surface area contributed by atoms with Gasteiger partial charge in [0.25, 0.3) is 0 Å². The highest BCUT2D eigenvalue weighted by Crippen LogP contribution is 2.44. The van der Waals surface area contributed by atoms with E-state index in [4.69, 9.17) is 4.74 Å². The van der Waals surface area contributed by atoms with E-state index in [-0.39, 0.29) is 35.6 Å². The molecular formula is C30H32F3N3O4. The lowest BCUT2D eigenvalue weighted by atomic mass is 9.74. The Bertz CT molecular complexity index is 1350. The Kier molecular flexibility index (Phi) is 9.08. The molecular weight excluding hydrogens is 523 g/mol. The van der Waals surface area contributed by atoms with Crippen LogP contribution in [0.3, 0.4) is 0 Å².